The van der Waals surface area contributed by atoms with Crippen LogP contribution in [0.2, 0.25) is 0 Å². The Hall–Kier alpha value is -1.85. The number of alkyl halides is 3. The van der Waals surface area contributed by atoms with Crippen LogP contribution in [-0.2, 0) is 15.7 Å². The van der Waals surface area contributed by atoms with E-state index in [4.69, 9.17) is 0 Å². The van der Waals surface area contributed by atoms with Crippen LogP contribution in [-0.4, -0.2) is 13.1 Å². The second-order valence-corrected chi connectivity index (χ2v) is 3.06. The third kappa shape index (κ3) is 3.30. The minimum absolute atomic E-state index is 0.328. The topological polar surface area (TPSA) is 26.3 Å². The number of rotatable bonds is 2. The van der Waals surface area contributed by atoms with Crippen molar-refractivity contribution in [3.05, 3.63) is 41.2 Å². The number of hydrogen-bond acceptors (Lipinski definition) is 2. The van der Waals surface area contributed by atoms with E-state index in [1.165, 1.54) is 0 Å². The van der Waals surface area contributed by atoms with Crippen LogP contribution >= 0.6 is 0 Å². The number of methoxy groups -OCH3 is 1. The highest BCUT2D eigenvalue weighted by Gasteiger charge is 2.34. The smallest absolute Gasteiger partial charge is 0.419 e. The molecule has 0 aliphatic carbocycles. The Morgan fingerprint density at radius 3 is 2.53 bits per heavy atom. The lowest BCUT2D eigenvalue weighted by molar-refractivity contribution is -0.140. The third-order valence-electron chi connectivity index (χ3n) is 1.93. The van der Waals surface area contributed by atoms with Crippen molar-refractivity contribution in [3.63, 3.8) is 0 Å². The van der Waals surface area contributed by atoms with Gasteiger partial charge in [0.2, 0.25) is 0 Å². The Bertz CT molecular complexity index is 449. The summed E-state index contributed by atoms with van der Waals surface area (Å²) < 4.78 is 54.7. The summed E-state index contributed by atoms with van der Waals surface area (Å²) in [4.78, 5) is 10.7. The average Bonchev–Trinajstić information content (AvgIpc) is 2.25. The van der Waals surface area contributed by atoms with Gasteiger partial charge in [0.15, 0.2) is 0 Å². The highest BCUT2D eigenvalue weighted by atomic mass is 19.4. The highest BCUT2D eigenvalue weighted by molar-refractivity contribution is 5.87. The van der Waals surface area contributed by atoms with Gasteiger partial charge in [0.05, 0.1) is 12.7 Å². The summed E-state index contributed by atoms with van der Waals surface area (Å²) >= 11 is 0. The molecule has 1 aromatic rings. The van der Waals surface area contributed by atoms with Crippen LogP contribution < -0.4 is 0 Å². The molecule has 0 saturated carbocycles. The zero-order chi connectivity index (χ0) is 13.1. The lowest BCUT2D eigenvalue weighted by Crippen LogP contribution is -2.08. The van der Waals surface area contributed by atoms with E-state index >= 15 is 0 Å². The lowest BCUT2D eigenvalue weighted by atomic mass is 10.1. The number of halogens is 4. The van der Waals surface area contributed by atoms with E-state index < -0.39 is 23.5 Å². The molecule has 0 spiro atoms. The van der Waals surface area contributed by atoms with Crippen molar-refractivity contribution >= 4 is 12.0 Å². The fourth-order valence-electron chi connectivity index (χ4n) is 1.12. The summed E-state index contributed by atoms with van der Waals surface area (Å²) in [5, 5.41) is 0. The molecule has 17 heavy (non-hydrogen) atoms. The molecule has 0 aliphatic rings. The molecule has 0 radical (unpaired) electrons. The largest absolute Gasteiger partial charge is 0.466 e. The minimum atomic E-state index is -4.76. The first-order valence-electron chi connectivity index (χ1n) is 4.48. The van der Waals surface area contributed by atoms with Crippen LogP contribution in [0.15, 0.2) is 24.3 Å². The lowest BCUT2D eigenvalue weighted by Gasteiger charge is -2.08. The van der Waals surface area contributed by atoms with Crippen molar-refractivity contribution < 1.29 is 27.1 Å². The van der Waals surface area contributed by atoms with Crippen LogP contribution in [0.1, 0.15) is 11.1 Å². The van der Waals surface area contributed by atoms with Crippen LogP contribution in [0.25, 0.3) is 6.08 Å². The maximum Gasteiger partial charge on any atom is 0.419 e. The van der Waals surface area contributed by atoms with Crippen LogP contribution in [0.3, 0.4) is 0 Å². The third-order valence-corrected chi connectivity index (χ3v) is 1.93. The highest BCUT2D eigenvalue weighted by Crippen LogP contribution is 2.32. The van der Waals surface area contributed by atoms with Crippen molar-refractivity contribution in [2.45, 2.75) is 6.18 Å². The molecule has 0 aliphatic heterocycles. The second-order valence-electron chi connectivity index (χ2n) is 3.06. The summed E-state index contributed by atoms with van der Waals surface area (Å²) in [5.74, 6) is -2.19. The first-order valence-corrected chi connectivity index (χ1v) is 4.48. The molecular weight excluding hydrogens is 240 g/mol. The summed E-state index contributed by atoms with van der Waals surface area (Å²) in [6.07, 6.45) is -2.99. The number of carbonyl (C=O) groups excluding carboxylic acids is 1. The molecule has 0 bridgehead atoms. The van der Waals surface area contributed by atoms with Gasteiger partial charge in [-0.25, -0.2) is 9.18 Å². The summed E-state index contributed by atoms with van der Waals surface area (Å²) in [5.41, 5.74) is -1.70. The van der Waals surface area contributed by atoms with E-state index in [0.29, 0.717) is 6.07 Å². The molecular formula is C11H8F4O2. The molecule has 0 heterocycles. The van der Waals surface area contributed by atoms with Crippen molar-refractivity contribution in [2.24, 2.45) is 0 Å². The van der Waals surface area contributed by atoms with E-state index in [1.54, 1.807) is 0 Å². The van der Waals surface area contributed by atoms with Crippen molar-refractivity contribution in [1.82, 2.24) is 0 Å². The molecule has 0 N–H and O–H groups in total. The molecule has 6 heteroatoms. The van der Waals surface area contributed by atoms with E-state index in [9.17, 15) is 22.4 Å². The first kappa shape index (κ1) is 13.2. The van der Waals surface area contributed by atoms with Crippen molar-refractivity contribution in [2.75, 3.05) is 7.11 Å². The van der Waals surface area contributed by atoms with Crippen LogP contribution in [0, 0.1) is 5.82 Å². The van der Waals surface area contributed by atoms with E-state index in [0.717, 1.165) is 31.4 Å². The standard InChI is InChI=1S/C11H8F4O2/c1-17-9(16)6-5-7-3-2-4-8(10(7)12)11(13,14)15/h2-6H,1H3. The fraction of sp³-hybridized carbons (Fsp3) is 0.182. The van der Waals surface area contributed by atoms with Gasteiger partial charge in [-0.05, 0) is 12.1 Å². The monoisotopic (exact) mass is 248 g/mol. The normalized spacial score (nSPS) is 11.8. The fourth-order valence-corrected chi connectivity index (χ4v) is 1.12. The Morgan fingerprint density at radius 1 is 1.35 bits per heavy atom. The van der Waals surface area contributed by atoms with Crippen molar-refractivity contribution in [3.8, 4) is 0 Å². The quantitative estimate of drug-likeness (QED) is 0.457. The van der Waals surface area contributed by atoms with Gasteiger partial charge in [-0.3, -0.25) is 0 Å². The predicted molar refractivity (Wildman–Crippen MR) is 52.5 cm³/mol. The average molecular weight is 248 g/mol. The minimum Gasteiger partial charge on any atom is -0.466 e. The van der Waals surface area contributed by atoms with Gasteiger partial charge in [-0.1, -0.05) is 12.1 Å². The molecule has 92 valence electrons. The second kappa shape index (κ2) is 4.99. The van der Waals surface area contributed by atoms with Gasteiger partial charge in [-0.2, -0.15) is 13.2 Å². The molecule has 0 fully saturated rings. The van der Waals surface area contributed by atoms with Crippen LogP contribution in [0.4, 0.5) is 17.6 Å². The maximum absolute atomic E-state index is 13.4. The van der Waals surface area contributed by atoms with E-state index in [-0.39, 0.29) is 5.56 Å². The summed E-state index contributed by atoms with van der Waals surface area (Å²) in [6.45, 7) is 0. The SMILES string of the molecule is COC(=O)C=Cc1cccc(C(F)(F)F)c1F. The predicted octanol–water partition coefficient (Wildman–Crippen LogP) is 3.03. The van der Waals surface area contributed by atoms with E-state index in [2.05, 4.69) is 4.74 Å². The molecule has 0 aromatic heterocycles. The van der Waals surface area contributed by atoms with Gasteiger partial charge in [0.1, 0.15) is 5.82 Å². The molecule has 2 nitrogen and oxygen atoms in total. The Kier molecular flexibility index (Phi) is 3.88. The van der Waals surface area contributed by atoms with Crippen molar-refractivity contribution in [1.29, 1.82) is 0 Å². The Balaban J connectivity index is 3.12. The zero-order valence-corrected chi connectivity index (χ0v) is 8.72. The number of carbonyl (C=O) groups is 1. The van der Waals surface area contributed by atoms with Gasteiger partial charge >= 0.3 is 12.1 Å². The summed E-state index contributed by atoms with van der Waals surface area (Å²) in [6, 6.07) is 2.82. The van der Waals surface area contributed by atoms with Gasteiger partial charge in [-0.15, -0.1) is 0 Å². The summed E-state index contributed by atoms with van der Waals surface area (Å²) in [7, 11) is 1.11. The molecule has 0 saturated heterocycles. The maximum atomic E-state index is 13.4. The zero-order valence-electron chi connectivity index (χ0n) is 8.72. The molecule has 1 aromatic carbocycles. The number of esters is 1. The van der Waals surface area contributed by atoms with Gasteiger partial charge < -0.3 is 4.74 Å². The van der Waals surface area contributed by atoms with Crippen LogP contribution in [0.5, 0.6) is 0 Å². The van der Waals surface area contributed by atoms with E-state index in [1.807, 2.05) is 0 Å². The molecule has 0 unspecified atom stereocenters. The Labute approximate surface area is 94.5 Å². The number of hydrogen-bond donors (Lipinski definition) is 0. The van der Waals surface area contributed by atoms with Gasteiger partial charge in [0, 0.05) is 11.6 Å². The molecule has 0 amide bonds. The number of benzene rings is 1. The van der Waals surface area contributed by atoms with Gasteiger partial charge in [0.25, 0.3) is 0 Å². The molecule has 1 rings (SSSR count). The molecule has 0 atom stereocenters. The Morgan fingerprint density at radius 2 is 2.00 bits per heavy atom. The number of ether oxygens (including phenoxy) is 1. The first-order chi connectivity index (χ1) is 7.86.